The third-order valence-electron chi connectivity index (χ3n) is 17.8. The van der Waals surface area contributed by atoms with Crippen LogP contribution in [0.5, 0.6) is 0 Å². The number of hydrogen-bond donors (Lipinski definition) is 6. The smallest absolute Gasteiger partial charge is 0.320 e. The second-order valence-electron chi connectivity index (χ2n) is 23.0. The number of nitrogens with zero attached hydrogens (tertiary/aromatic N) is 10. The minimum Gasteiger partial charge on any atom is -0.480 e. The number of aliphatic carboxylic acids is 2. The Morgan fingerprint density at radius 2 is 0.797 bits per heavy atom. The van der Waals surface area contributed by atoms with Gasteiger partial charge >= 0.3 is 11.9 Å². The van der Waals surface area contributed by atoms with Gasteiger partial charge in [0.25, 0.3) is 0 Å². The van der Waals surface area contributed by atoms with Crippen molar-refractivity contribution in [2.75, 3.05) is 39.3 Å². The van der Waals surface area contributed by atoms with Crippen LogP contribution in [0, 0.1) is 10.8 Å². The third kappa shape index (κ3) is 16.3. The number of carboxylic acids is 2. The first-order chi connectivity index (χ1) is 37.9. The Kier molecular flexibility index (Phi) is 22.0. The van der Waals surface area contributed by atoms with Crippen LogP contribution < -0.4 is 0 Å². The number of H-pyrrole nitrogens is 4. The Morgan fingerprint density at radius 3 is 1.05 bits per heavy atom. The molecule has 19 heteroatoms. The van der Waals surface area contributed by atoms with Gasteiger partial charge in [0, 0.05) is 139 Å². The van der Waals surface area contributed by atoms with Crippen LogP contribution in [-0.2, 0) is 61.9 Å². The molecular formula is C60H86CaN14O4. The first-order valence-corrected chi connectivity index (χ1v) is 28.9. The number of nitrogens with one attached hydrogen (secondary N) is 4. The van der Waals surface area contributed by atoms with Crippen LogP contribution >= 0.6 is 0 Å². The van der Waals surface area contributed by atoms with Crippen molar-refractivity contribution in [1.29, 1.82) is 0 Å². The van der Waals surface area contributed by atoms with Crippen LogP contribution in [0.15, 0.2) is 98.1 Å². The van der Waals surface area contributed by atoms with Crippen molar-refractivity contribution in [3.05, 3.63) is 144 Å². The maximum Gasteiger partial charge on any atom is 0.320 e. The van der Waals surface area contributed by atoms with E-state index in [1.165, 1.54) is 47.9 Å². The Labute approximate surface area is 497 Å². The third-order valence-corrected chi connectivity index (χ3v) is 17.8. The minimum absolute atomic E-state index is 0. The molecule has 4 aromatic heterocycles. The Hall–Kier alpha value is -4.76. The van der Waals surface area contributed by atoms with Crippen LogP contribution in [0.2, 0.25) is 0 Å². The molecule has 10 rings (SSSR count). The van der Waals surface area contributed by atoms with E-state index in [4.69, 9.17) is 0 Å². The molecule has 4 aliphatic rings. The van der Waals surface area contributed by atoms with Crippen molar-refractivity contribution in [2.24, 2.45) is 10.8 Å². The maximum atomic E-state index is 12.3. The fourth-order valence-corrected chi connectivity index (χ4v) is 13.4. The van der Waals surface area contributed by atoms with E-state index in [2.05, 4.69) is 145 Å². The first-order valence-electron chi connectivity index (χ1n) is 28.9. The van der Waals surface area contributed by atoms with Crippen molar-refractivity contribution in [3.8, 4) is 0 Å². The molecule has 6 N–H and O–H groups in total. The fourth-order valence-electron chi connectivity index (χ4n) is 13.4. The van der Waals surface area contributed by atoms with Crippen LogP contribution in [0.3, 0.4) is 0 Å². The molecule has 4 aliphatic heterocycles. The van der Waals surface area contributed by atoms with E-state index in [9.17, 15) is 19.8 Å². The number of carbonyl (C=O) groups is 2. The summed E-state index contributed by atoms with van der Waals surface area (Å²) in [6, 6.07) is 17.8. The second kappa shape index (κ2) is 28.8. The predicted octanol–water partition coefficient (Wildman–Crippen LogP) is 8.15. The molecule has 6 aromatic rings. The van der Waals surface area contributed by atoms with Gasteiger partial charge in [-0.1, -0.05) is 76.2 Å². The average Bonchev–Trinajstić information content (AvgIpc) is 4.46. The van der Waals surface area contributed by atoms with Gasteiger partial charge in [0.15, 0.2) is 0 Å². The number of hydrogen-bond acceptors (Lipinski definition) is 12. The normalized spacial score (nSPS) is 19.7. The summed E-state index contributed by atoms with van der Waals surface area (Å²) >= 11 is 0. The summed E-state index contributed by atoms with van der Waals surface area (Å²) in [4.78, 5) is 69.1. The van der Waals surface area contributed by atoms with Crippen molar-refractivity contribution in [1.82, 2.24) is 69.3 Å². The number of benzene rings is 2. The number of aromatic amines is 4. The van der Waals surface area contributed by atoms with E-state index in [1.807, 2.05) is 24.8 Å². The average molecular weight is 1110 g/mol. The van der Waals surface area contributed by atoms with E-state index in [0.717, 1.165) is 114 Å². The van der Waals surface area contributed by atoms with Gasteiger partial charge in [-0.3, -0.25) is 29.2 Å². The van der Waals surface area contributed by atoms with Gasteiger partial charge in [-0.15, -0.1) is 0 Å². The molecule has 79 heavy (non-hydrogen) atoms. The summed E-state index contributed by atoms with van der Waals surface area (Å²) in [5.41, 5.74) is 5.00. The number of piperidine rings is 2. The van der Waals surface area contributed by atoms with Gasteiger partial charge in [0.1, 0.15) is 35.4 Å². The van der Waals surface area contributed by atoms with Crippen LogP contribution in [0.4, 0.5) is 0 Å². The van der Waals surface area contributed by atoms with Gasteiger partial charge < -0.3 is 39.9 Å². The quantitative estimate of drug-likeness (QED) is 0.0316. The van der Waals surface area contributed by atoms with Crippen LogP contribution in [-0.4, -0.2) is 193 Å². The molecule has 0 aliphatic carbocycles. The number of aromatic nitrogens is 8. The van der Waals surface area contributed by atoms with Crippen LogP contribution in [0.25, 0.3) is 0 Å². The number of imidazole rings is 4. The molecule has 422 valence electrons. The molecule has 4 fully saturated rings. The van der Waals surface area contributed by atoms with Crippen molar-refractivity contribution in [3.63, 3.8) is 0 Å². The molecule has 18 nitrogen and oxygen atoms in total. The molecule has 0 unspecified atom stereocenters. The molecule has 0 bridgehead atoms. The standard InChI is InChI=1S/2C30H43N7O2.Ca/c2*1-3-25(4-2)36-15-9-30(10-16-36)17-26(29(38)39)37(22-30)19-24-7-5-23(6-8-24)18-35(20-27-31-11-12-32-27)21-28-33-13-14-34-28;/h2*5-8,11-14,25-26H,3-4,9-10,15-22H2,1-2H3,(H,31,32)(H,33,34)(H,38,39);/t2*26-;/m11./s1. The summed E-state index contributed by atoms with van der Waals surface area (Å²) in [6.45, 7) is 20.9. The second-order valence-corrected chi connectivity index (χ2v) is 23.0. The zero-order valence-electron chi connectivity index (χ0n) is 47.4. The van der Waals surface area contributed by atoms with Gasteiger partial charge in [-0.25, -0.2) is 19.9 Å². The topological polar surface area (TPSA) is 209 Å². The SMILES string of the molecule is CCC(CC)N1CCC2(CC1)C[C@H](C(=O)O)N(Cc1ccc(CN(Cc3ncc[nH]3)Cc3ncc[nH]3)cc1)C2.CCC(CC)N1CCC2(CC1)C[C@H](C(=O)O)N(Cc1ccc(CN(Cc3ncc[nH]3)Cc3ncc[nH]3)cc1)C2.[Ca]. The van der Waals surface area contributed by atoms with Crippen molar-refractivity contribution >= 4 is 49.7 Å². The monoisotopic (exact) mass is 1110 g/mol. The van der Waals surface area contributed by atoms with E-state index in [-0.39, 0.29) is 48.6 Å². The number of likely N-dealkylation sites (tertiary alicyclic amines) is 4. The summed E-state index contributed by atoms with van der Waals surface area (Å²) in [5.74, 6) is 2.33. The maximum absolute atomic E-state index is 12.3. The molecule has 8 heterocycles. The number of rotatable bonds is 24. The van der Waals surface area contributed by atoms with Gasteiger partial charge in [0.05, 0.1) is 26.2 Å². The molecule has 2 aromatic carbocycles. The predicted molar refractivity (Wildman–Crippen MR) is 307 cm³/mol. The zero-order chi connectivity index (χ0) is 54.5. The Morgan fingerprint density at radius 1 is 0.506 bits per heavy atom. The zero-order valence-corrected chi connectivity index (χ0v) is 49.6. The molecule has 2 spiro atoms. The summed E-state index contributed by atoms with van der Waals surface area (Å²) in [6.07, 6.45) is 25.2. The molecular weight excluding hydrogens is 1020 g/mol. The van der Waals surface area contributed by atoms with Gasteiger partial charge in [0.2, 0.25) is 0 Å². The molecule has 4 saturated heterocycles. The Balaban J connectivity index is 0.000000205. The van der Waals surface area contributed by atoms with Gasteiger partial charge in [-0.05, 0) is 123 Å². The van der Waals surface area contributed by atoms with E-state index >= 15 is 0 Å². The van der Waals surface area contributed by atoms with Crippen LogP contribution in [0.1, 0.15) is 137 Å². The summed E-state index contributed by atoms with van der Waals surface area (Å²) in [7, 11) is 0. The molecule has 2 atom stereocenters. The van der Waals surface area contributed by atoms with E-state index in [1.54, 1.807) is 24.8 Å². The van der Waals surface area contributed by atoms with Gasteiger partial charge in [-0.2, -0.15) is 0 Å². The Bertz CT molecular complexity index is 2420. The fraction of sp³-hybridized carbons (Fsp3) is 0.567. The largest absolute Gasteiger partial charge is 0.480 e. The van der Waals surface area contributed by atoms with Crippen molar-refractivity contribution in [2.45, 2.75) is 168 Å². The minimum atomic E-state index is -0.683. The first kappa shape index (κ1) is 60.3. The molecule has 0 saturated carbocycles. The summed E-state index contributed by atoms with van der Waals surface area (Å²) < 4.78 is 0. The van der Waals surface area contributed by atoms with E-state index in [0.29, 0.717) is 51.4 Å². The molecule has 0 amide bonds. The molecule has 2 radical (unpaired) electrons. The summed E-state index contributed by atoms with van der Waals surface area (Å²) in [5, 5.41) is 20.1. The van der Waals surface area contributed by atoms with E-state index < -0.39 is 24.0 Å². The van der Waals surface area contributed by atoms with Crippen molar-refractivity contribution < 1.29 is 19.8 Å². The number of carboxylic acid groups (broad SMARTS) is 2.